The van der Waals surface area contributed by atoms with E-state index in [-0.39, 0.29) is 0 Å². The normalized spacial score (nSPS) is 14.5. The molecule has 7 heteroatoms. The van der Waals surface area contributed by atoms with Gasteiger partial charge in [0.15, 0.2) is 0 Å². The van der Waals surface area contributed by atoms with Gasteiger partial charge in [0.05, 0.1) is 16.9 Å². The summed E-state index contributed by atoms with van der Waals surface area (Å²) in [7, 11) is 0. The van der Waals surface area contributed by atoms with E-state index in [0.29, 0.717) is 5.56 Å². The van der Waals surface area contributed by atoms with Crippen molar-refractivity contribution in [2.24, 2.45) is 0 Å². The molecule has 3 aromatic heterocycles. The van der Waals surface area contributed by atoms with Crippen LogP contribution in [-0.4, -0.2) is 44.4 Å². The van der Waals surface area contributed by atoms with Gasteiger partial charge in [-0.2, -0.15) is 17.0 Å². The van der Waals surface area contributed by atoms with Crippen molar-refractivity contribution in [2.75, 3.05) is 29.9 Å². The molecule has 4 heterocycles. The predicted molar refractivity (Wildman–Crippen MR) is 141 cm³/mol. The lowest BCUT2D eigenvalue weighted by atomic mass is 10.1. The molecule has 1 aliphatic rings. The maximum Gasteiger partial charge on any atom is 0.103 e. The summed E-state index contributed by atoms with van der Waals surface area (Å²) < 4.78 is 0. The highest BCUT2D eigenvalue weighted by Gasteiger charge is 2.12. The molecule has 0 unspecified atom stereocenters. The van der Waals surface area contributed by atoms with E-state index in [1.165, 1.54) is 17.1 Å². The number of nitrogens with zero attached hydrogens (tertiary/aromatic N) is 4. The molecule has 0 aliphatic carbocycles. The van der Waals surface area contributed by atoms with E-state index in [2.05, 4.69) is 50.3 Å². The van der Waals surface area contributed by atoms with Gasteiger partial charge in [-0.1, -0.05) is 6.07 Å². The number of thioether (sulfide) groups is 1. The molecule has 1 fully saturated rings. The minimum atomic E-state index is 0.499. The standard InChI is InChI=1S/C27H26N6S/c1-19-24-8-9-30-26(24)7-6-25(19)32-27-21(16-29-17-22(27)14-28)3-5-23-4-2-20(15-31-23)18-33-10-12-34-13-11-33/h2-9,15-17,30H,10-13,18H2,1H3,(H,29,32). The summed E-state index contributed by atoms with van der Waals surface area (Å²) in [5.74, 6) is 2.41. The van der Waals surface area contributed by atoms with Crippen LogP contribution in [0, 0.1) is 18.3 Å². The summed E-state index contributed by atoms with van der Waals surface area (Å²) in [6.45, 7) is 5.31. The minimum Gasteiger partial charge on any atom is -0.361 e. The fourth-order valence-corrected chi connectivity index (χ4v) is 5.18. The van der Waals surface area contributed by atoms with Gasteiger partial charge >= 0.3 is 0 Å². The molecule has 1 aromatic carbocycles. The van der Waals surface area contributed by atoms with Gasteiger partial charge in [0.25, 0.3) is 0 Å². The Morgan fingerprint density at radius 3 is 2.79 bits per heavy atom. The van der Waals surface area contributed by atoms with Gasteiger partial charge in [-0.05, 0) is 54.5 Å². The SMILES string of the molecule is Cc1c(Nc2c(C#N)cncc2C=Cc2ccc(CN3CCSCC3)cn2)ccc2[nH]ccc12. The Morgan fingerprint density at radius 2 is 2.00 bits per heavy atom. The van der Waals surface area contributed by atoms with Crippen LogP contribution in [0.5, 0.6) is 0 Å². The number of aromatic amines is 1. The van der Waals surface area contributed by atoms with Crippen molar-refractivity contribution < 1.29 is 0 Å². The predicted octanol–water partition coefficient (Wildman–Crippen LogP) is 5.60. The van der Waals surface area contributed by atoms with Crippen LogP contribution in [0.4, 0.5) is 11.4 Å². The molecular formula is C27H26N6S. The Balaban J connectivity index is 1.37. The third-order valence-corrected chi connectivity index (χ3v) is 7.09. The Hall–Kier alpha value is -3.60. The monoisotopic (exact) mass is 466 g/mol. The number of nitriles is 1. The smallest absolute Gasteiger partial charge is 0.103 e. The van der Waals surface area contributed by atoms with Crippen molar-refractivity contribution in [2.45, 2.75) is 13.5 Å². The average molecular weight is 467 g/mol. The summed E-state index contributed by atoms with van der Waals surface area (Å²) in [5, 5.41) is 14.3. The first-order valence-electron chi connectivity index (χ1n) is 11.4. The highest BCUT2D eigenvalue weighted by atomic mass is 32.2. The van der Waals surface area contributed by atoms with Crippen molar-refractivity contribution in [1.82, 2.24) is 19.9 Å². The molecule has 0 saturated carbocycles. The summed E-state index contributed by atoms with van der Waals surface area (Å²) >= 11 is 2.02. The van der Waals surface area contributed by atoms with Gasteiger partial charge in [-0.25, -0.2) is 0 Å². The summed E-state index contributed by atoms with van der Waals surface area (Å²) in [6, 6.07) is 12.6. The first-order chi connectivity index (χ1) is 16.7. The van der Waals surface area contributed by atoms with E-state index in [1.54, 1.807) is 12.4 Å². The second-order valence-corrected chi connectivity index (χ2v) is 9.60. The van der Waals surface area contributed by atoms with Crippen LogP contribution in [0.15, 0.2) is 55.1 Å². The number of hydrogen-bond donors (Lipinski definition) is 2. The molecule has 34 heavy (non-hydrogen) atoms. The molecule has 170 valence electrons. The first kappa shape index (κ1) is 22.2. The largest absolute Gasteiger partial charge is 0.361 e. The van der Waals surface area contributed by atoms with Crippen LogP contribution in [0.1, 0.15) is 27.9 Å². The van der Waals surface area contributed by atoms with Crippen LogP contribution in [0.2, 0.25) is 0 Å². The van der Waals surface area contributed by atoms with E-state index in [9.17, 15) is 5.26 Å². The van der Waals surface area contributed by atoms with Crippen molar-refractivity contribution >= 4 is 46.2 Å². The van der Waals surface area contributed by atoms with Gasteiger partial charge in [-0.15, -0.1) is 0 Å². The summed E-state index contributed by atoms with van der Waals surface area (Å²) in [5.41, 5.74) is 7.36. The van der Waals surface area contributed by atoms with E-state index < -0.39 is 0 Å². The molecule has 0 amide bonds. The number of nitrogens with one attached hydrogen (secondary N) is 2. The zero-order chi connectivity index (χ0) is 23.3. The third-order valence-electron chi connectivity index (χ3n) is 6.15. The fourth-order valence-electron chi connectivity index (χ4n) is 4.20. The number of rotatable bonds is 6. The minimum absolute atomic E-state index is 0.499. The summed E-state index contributed by atoms with van der Waals surface area (Å²) in [6.07, 6.45) is 11.2. The third kappa shape index (κ3) is 4.84. The number of hydrogen-bond acceptors (Lipinski definition) is 6. The van der Waals surface area contributed by atoms with Crippen LogP contribution in [0.25, 0.3) is 23.1 Å². The quantitative estimate of drug-likeness (QED) is 0.385. The first-order valence-corrected chi connectivity index (χ1v) is 12.5. The number of pyridine rings is 2. The molecule has 0 radical (unpaired) electrons. The summed E-state index contributed by atoms with van der Waals surface area (Å²) in [4.78, 5) is 14.6. The van der Waals surface area contributed by atoms with Crippen LogP contribution < -0.4 is 5.32 Å². The van der Waals surface area contributed by atoms with Gasteiger partial charge in [0.2, 0.25) is 0 Å². The van der Waals surface area contributed by atoms with E-state index in [1.807, 2.05) is 54.5 Å². The molecule has 6 nitrogen and oxygen atoms in total. The molecule has 1 aliphatic heterocycles. The van der Waals surface area contributed by atoms with Gasteiger partial charge < -0.3 is 10.3 Å². The lowest BCUT2D eigenvalue weighted by Crippen LogP contribution is -2.31. The van der Waals surface area contributed by atoms with Crippen molar-refractivity contribution in [3.05, 3.63) is 83.1 Å². The van der Waals surface area contributed by atoms with E-state index in [0.717, 1.165) is 58.7 Å². The Kier molecular flexibility index (Phi) is 6.61. The highest BCUT2D eigenvalue weighted by molar-refractivity contribution is 7.99. The Labute approximate surface area is 203 Å². The second-order valence-electron chi connectivity index (χ2n) is 8.38. The maximum absolute atomic E-state index is 9.70. The molecular weight excluding hydrogens is 440 g/mol. The van der Waals surface area contributed by atoms with Crippen molar-refractivity contribution in [1.29, 1.82) is 5.26 Å². The molecule has 2 N–H and O–H groups in total. The van der Waals surface area contributed by atoms with Crippen LogP contribution >= 0.6 is 11.8 Å². The van der Waals surface area contributed by atoms with Crippen molar-refractivity contribution in [3.63, 3.8) is 0 Å². The Bertz CT molecular complexity index is 1360. The molecule has 0 atom stereocenters. The number of benzene rings is 1. The average Bonchev–Trinajstić information content (AvgIpc) is 3.36. The number of aryl methyl sites for hydroxylation is 1. The van der Waals surface area contributed by atoms with Gasteiger partial charge in [0, 0.05) is 78.1 Å². The number of aromatic nitrogens is 3. The zero-order valence-corrected chi connectivity index (χ0v) is 19.9. The molecule has 4 aromatic rings. The molecule has 1 saturated heterocycles. The second kappa shape index (κ2) is 10.1. The molecule has 0 bridgehead atoms. The van der Waals surface area contributed by atoms with Gasteiger partial charge in [-0.3, -0.25) is 14.9 Å². The zero-order valence-electron chi connectivity index (χ0n) is 19.1. The fraction of sp³-hybridized carbons (Fsp3) is 0.222. The van der Waals surface area contributed by atoms with Gasteiger partial charge in [0.1, 0.15) is 6.07 Å². The van der Waals surface area contributed by atoms with Crippen LogP contribution in [-0.2, 0) is 6.54 Å². The van der Waals surface area contributed by atoms with Crippen molar-refractivity contribution in [3.8, 4) is 6.07 Å². The Morgan fingerprint density at radius 1 is 1.12 bits per heavy atom. The topological polar surface area (TPSA) is 80.6 Å². The lowest BCUT2D eigenvalue weighted by Gasteiger charge is -2.25. The molecule has 0 spiro atoms. The van der Waals surface area contributed by atoms with Crippen LogP contribution in [0.3, 0.4) is 0 Å². The number of H-pyrrole nitrogens is 1. The molecule has 5 rings (SSSR count). The maximum atomic E-state index is 9.70. The number of fused-ring (bicyclic) bond motifs is 1. The van der Waals surface area contributed by atoms with E-state index in [4.69, 9.17) is 0 Å². The lowest BCUT2D eigenvalue weighted by molar-refractivity contribution is 0.294. The van der Waals surface area contributed by atoms with E-state index >= 15 is 0 Å². The highest BCUT2D eigenvalue weighted by Crippen LogP contribution is 2.31. The number of anilines is 2.